The topological polar surface area (TPSA) is 130 Å². The van der Waals surface area contributed by atoms with Crippen LogP contribution in [0, 0.1) is 0 Å². The van der Waals surface area contributed by atoms with Crippen LogP contribution in [0.2, 0.25) is 0 Å². The molecule has 3 aromatic rings. The number of Topliss-reactive ketones (excluding diaryl/α,β-unsaturated/α-hetero) is 1. The van der Waals surface area contributed by atoms with Crippen LogP contribution in [-0.2, 0) is 0 Å². The molecule has 0 saturated carbocycles. The molecule has 0 fully saturated rings. The number of aromatic nitrogens is 2. The van der Waals surface area contributed by atoms with Crippen LogP contribution in [0.3, 0.4) is 0 Å². The van der Waals surface area contributed by atoms with Crippen LogP contribution >= 0.6 is 11.8 Å². The second-order valence-corrected chi connectivity index (χ2v) is 9.02. The highest BCUT2D eigenvalue weighted by atomic mass is 32.2. The average molecular weight is 505 g/mol. The van der Waals surface area contributed by atoms with Crippen molar-refractivity contribution < 1.29 is 23.9 Å². The number of anilines is 1. The molecular formula is C26H24N4O5S. The zero-order valence-corrected chi connectivity index (χ0v) is 20.1. The molecule has 36 heavy (non-hydrogen) atoms. The lowest BCUT2D eigenvalue weighted by Gasteiger charge is -2.12. The number of H-pyrrole nitrogens is 1. The lowest BCUT2D eigenvalue weighted by Crippen LogP contribution is -2.27. The quantitative estimate of drug-likeness (QED) is 0.344. The minimum Gasteiger partial charge on any atom is -0.410 e. The minimum absolute atomic E-state index is 0.000408. The highest BCUT2D eigenvalue weighted by molar-refractivity contribution is 8.04. The third-order valence-electron chi connectivity index (χ3n) is 5.27. The first kappa shape index (κ1) is 24.9. The standard InChI is InChI=1S/C26H24N4O5S/c31-19-16-20(36-15-9-3-8-14-27-26(34)35-18-12-6-2-7-13-18)24(32)21-22(19)29-30-23(21)25(33)28-17-10-4-1-5-11-17/h1-2,4-7,10-13,16H,3,8-9,14-15H2,(H,27,34)(H,28,33)(H,29,30). The van der Waals surface area contributed by atoms with Crippen molar-refractivity contribution in [1.29, 1.82) is 0 Å². The first-order valence-electron chi connectivity index (χ1n) is 11.4. The van der Waals surface area contributed by atoms with Crippen LogP contribution in [0.25, 0.3) is 0 Å². The molecule has 9 nitrogen and oxygen atoms in total. The number of nitrogens with one attached hydrogen (secondary N) is 3. The summed E-state index contributed by atoms with van der Waals surface area (Å²) in [5.74, 6) is -0.262. The van der Waals surface area contributed by atoms with Gasteiger partial charge in [0.1, 0.15) is 17.1 Å². The molecule has 2 aromatic carbocycles. The van der Waals surface area contributed by atoms with E-state index in [-0.39, 0.29) is 21.9 Å². The lowest BCUT2D eigenvalue weighted by atomic mass is 9.99. The van der Waals surface area contributed by atoms with Gasteiger partial charge in [0, 0.05) is 18.3 Å². The number of benzene rings is 2. The van der Waals surface area contributed by atoms with Gasteiger partial charge in [-0.2, -0.15) is 5.10 Å². The molecule has 0 bridgehead atoms. The van der Waals surface area contributed by atoms with Crippen LogP contribution in [0.5, 0.6) is 5.75 Å². The number of hydrogen-bond donors (Lipinski definition) is 3. The first-order chi connectivity index (χ1) is 17.5. The Hall–Kier alpha value is -4.18. The Morgan fingerprint density at radius 3 is 2.42 bits per heavy atom. The molecule has 184 valence electrons. The van der Waals surface area contributed by atoms with Crippen LogP contribution in [0.15, 0.2) is 71.6 Å². The molecule has 3 N–H and O–H groups in total. The maximum Gasteiger partial charge on any atom is 0.412 e. The van der Waals surface area contributed by atoms with Gasteiger partial charge in [-0.3, -0.25) is 19.5 Å². The highest BCUT2D eigenvalue weighted by Gasteiger charge is 2.33. The predicted octanol–water partition coefficient (Wildman–Crippen LogP) is 4.62. The molecule has 1 aromatic heterocycles. The number of thioether (sulfide) groups is 1. The lowest BCUT2D eigenvalue weighted by molar-refractivity contribution is 0.0979. The summed E-state index contributed by atoms with van der Waals surface area (Å²) >= 11 is 1.27. The number of unbranched alkanes of at least 4 members (excludes halogenated alkanes) is 2. The van der Waals surface area contributed by atoms with E-state index in [4.69, 9.17) is 4.74 Å². The Kier molecular flexibility index (Phi) is 8.30. The Balaban J connectivity index is 1.22. The molecule has 0 spiro atoms. The molecule has 0 radical (unpaired) electrons. The highest BCUT2D eigenvalue weighted by Crippen LogP contribution is 2.30. The van der Waals surface area contributed by atoms with Crippen molar-refractivity contribution >= 4 is 41.0 Å². The number of carbonyl (C=O) groups excluding carboxylic acids is 4. The summed E-state index contributed by atoms with van der Waals surface area (Å²) in [5, 5.41) is 11.8. The fourth-order valence-corrected chi connectivity index (χ4v) is 4.50. The van der Waals surface area contributed by atoms with Crippen LogP contribution in [0.4, 0.5) is 10.5 Å². The summed E-state index contributed by atoms with van der Waals surface area (Å²) in [5.41, 5.74) is 0.482. The third kappa shape index (κ3) is 6.28. The van der Waals surface area contributed by atoms with E-state index in [1.165, 1.54) is 17.8 Å². The van der Waals surface area contributed by atoms with Crippen molar-refractivity contribution in [1.82, 2.24) is 15.5 Å². The zero-order chi connectivity index (χ0) is 25.3. The number of ether oxygens (including phenoxy) is 1. The minimum atomic E-state index is -0.541. The number of nitrogens with zero attached hydrogens (tertiary/aromatic N) is 1. The van der Waals surface area contributed by atoms with Gasteiger partial charge in [-0.15, -0.1) is 11.8 Å². The van der Waals surface area contributed by atoms with Gasteiger partial charge in [0.15, 0.2) is 0 Å². The van der Waals surface area contributed by atoms with Gasteiger partial charge in [-0.05, 0) is 42.9 Å². The number of ketones is 2. The van der Waals surface area contributed by atoms with E-state index in [0.717, 1.165) is 19.3 Å². The van der Waals surface area contributed by atoms with Crippen molar-refractivity contribution in [2.75, 3.05) is 17.6 Å². The van der Waals surface area contributed by atoms with E-state index in [9.17, 15) is 19.2 Å². The maximum atomic E-state index is 13.0. The van der Waals surface area contributed by atoms with E-state index in [2.05, 4.69) is 20.8 Å². The fraction of sp³-hybridized carbons (Fsp3) is 0.192. The van der Waals surface area contributed by atoms with Crippen LogP contribution < -0.4 is 15.4 Å². The summed E-state index contributed by atoms with van der Waals surface area (Å²) in [6.07, 6.45) is 3.10. The number of amides is 2. The molecule has 1 aliphatic carbocycles. The monoisotopic (exact) mass is 504 g/mol. The van der Waals surface area contributed by atoms with Crippen molar-refractivity contribution in [2.45, 2.75) is 19.3 Å². The Labute approximate surface area is 211 Å². The molecule has 0 saturated heterocycles. The summed E-state index contributed by atoms with van der Waals surface area (Å²) in [6, 6.07) is 17.6. The first-order valence-corrected chi connectivity index (χ1v) is 12.4. The van der Waals surface area contributed by atoms with Crippen molar-refractivity contribution in [2.24, 2.45) is 0 Å². The Morgan fingerprint density at radius 1 is 0.944 bits per heavy atom. The molecule has 0 aliphatic heterocycles. The molecule has 0 atom stereocenters. The van der Waals surface area contributed by atoms with Gasteiger partial charge >= 0.3 is 6.09 Å². The van der Waals surface area contributed by atoms with Gasteiger partial charge in [0.25, 0.3) is 5.91 Å². The van der Waals surface area contributed by atoms with Crippen LogP contribution in [-0.4, -0.2) is 46.1 Å². The normalized spacial score (nSPS) is 12.5. The molecule has 2 amide bonds. The summed E-state index contributed by atoms with van der Waals surface area (Å²) < 4.78 is 5.16. The van der Waals surface area contributed by atoms with E-state index in [1.807, 2.05) is 12.1 Å². The largest absolute Gasteiger partial charge is 0.412 e. The van der Waals surface area contributed by atoms with E-state index >= 15 is 0 Å². The third-order valence-corrected chi connectivity index (χ3v) is 6.38. The molecule has 4 rings (SSSR count). The van der Waals surface area contributed by atoms with Crippen molar-refractivity contribution in [3.05, 3.63) is 88.6 Å². The van der Waals surface area contributed by atoms with Gasteiger partial charge in [0.05, 0.1) is 10.5 Å². The van der Waals surface area contributed by atoms with Gasteiger partial charge in [-0.25, -0.2) is 4.79 Å². The molecule has 0 unspecified atom stereocenters. The zero-order valence-electron chi connectivity index (χ0n) is 19.3. The number of aromatic amines is 1. The van der Waals surface area contributed by atoms with E-state index in [1.54, 1.807) is 48.5 Å². The van der Waals surface area contributed by atoms with Gasteiger partial charge in [0.2, 0.25) is 11.6 Å². The van der Waals surface area contributed by atoms with Crippen molar-refractivity contribution in [3.8, 4) is 5.75 Å². The maximum absolute atomic E-state index is 13.0. The van der Waals surface area contributed by atoms with Gasteiger partial charge < -0.3 is 15.4 Å². The summed E-state index contributed by atoms with van der Waals surface area (Å²) in [7, 11) is 0. The second kappa shape index (κ2) is 12.0. The number of rotatable bonds is 10. The predicted molar refractivity (Wildman–Crippen MR) is 137 cm³/mol. The number of fused-ring (bicyclic) bond motifs is 1. The number of para-hydroxylation sites is 2. The average Bonchev–Trinajstić information content (AvgIpc) is 3.34. The van der Waals surface area contributed by atoms with E-state index < -0.39 is 23.6 Å². The summed E-state index contributed by atoms with van der Waals surface area (Å²) in [4.78, 5) is 50.3. The SMILES string of the molecule is O=C(NCCCCCSC1=CC(=O)c2n[nH]c(C(=O)Nc3ccccc3)c2C1=O)Oc1ccccc1. The number of hydrogen-bond acceptors (Lipinski definition) is 7. The molecular weight excluding hydrogens is 480 g/mol. The Bertz CT molecular complexity index is 1290. The summed E-state index contributed by atoms with van der Waals surface area (Å²) in [6.45, 7) is 0.467. The second-order valence-electron chi connectivity index (χ2n) is 7.88. The molecule has 1 heterocycles. The fourth-order valence-electron chi connectivity index (χ4n) is 3.51. The van der Waals surface area contributed by atoms with Crippen LogP contribution in [0.1, 0.15) is 50.6 Å². The van der Waals surface area contributed by atoms with E-state index in [0.29, 0.717) is 23.7 Å². The number of allylic oxidation sites excluding steroid dienone is 2. The van der Waals surface area contributed by atoms with Gasteiger partial charge in [-0.1, -0.05) is 42.8 Å². The van der Waals surface area contributed by atoms with Crippen molar-refractivity contribution in [3.63, 3.8) is 0 Å². The Morgan fingerprint density at radius 2 is 1.67 bits per heavy atom. The molecule has 1 aliphatic rings. The number of carbonyl (C=O) groups is 4. The molecule has 10 heteroatoms. The smallest absolute Gasteiger partial charge is 0.410 e.